The van der Waals surface area contributed by atoms with E-state index >= 15 is 0 Å². The Morgan fingerprint density at radius 1 is 1.06 bits per heavy atom. The molecule has 0 unspecified atom stereocenters. The molecular weight excluding hydrogens is 244 g/mol. The van der Waals surface area contributed by atoms with Crippen LogP contribution in [0.5, 0.6) is 0 Å². The molecule has 0 saturated carbocycles. The minimum Gasteiger partial charge on any atom is -0.278 e. The van der Waals surface area contributed by atoms with Gasteiger partial charge in [-0.15, -0.1) is 9.06 Å². The Balaban J connectivity index is 3.06. The fraction of sp³-hybridized carbons (Fsp3) is 0.455. The predicted octanol–water partition coefficient (Wildman–Crippen LogP) is 2.83. The molecule has 1 rings (SSSR count). The summed E-state index contributed by atoms with van der Waals surface area (Å²) >= 11 is 0. The highest BCUT2D eigenvalue weighted by molar-refractivity contribution is 8.88. The first-order chi connectivity index (χ1) is 7.45. The molecule has 0 amide bonds. The molecule has 0 aliphatic carbocycles. The number of hydrogen-bond donors (Lipinski definition) is 1. The largest absolute Gasteiger partial charge is 0.302 e. The van der Waals surface area contributed by atoms with Gasteiger partial charge in [0.1, 0.15) is 0 Å². The maximum absolute atomic E-state index is 11.5. The van der Waals surface area contributed by atoms with E-state index in [1.807, 2.05) is 44.2 Å². The summed E-state index contributed by atoms with van der Waals surface area (Å²) in [6, 6.07) is 9.46. The first kappa shape index (κ1) is 13.5. The topological polar surface area (TPSA) is 54.4 Å². The van der Waals surface area contributed by atoms with E-state index in [2.05, 4.69) is 0 Å². The summed E-state index contributed by atoms with van der Waals surface area (Å²) in [7, 11) is -5.96. The van der Waals surface area contributed by atoms with Crippen LogP contribution in [0.25, 0.3) is 0 Å². The van der Waals surface area contributed by atoms with E-state index in [9.17, 15) is 13.0 Å². The summed E-state index contributed by atoms with van der Waals surface area (Å²) in [6.45, 7) is 3.66. The lowest BCUT2D eigenvalue weighted by molar-refractivity contribution is 0.501. The lowest BCUT2D eigenvalue weighted by atomic mass is 10.2. The van der Waals surface area contributed by atoms with Crippen molar-refractivity contribution in [2.45, 2.75) is 19.6 Å². The number of rotatable bonds is 5. The van der Waals surface area contributed by atoms with Crippen LogP contribution in [0.4, 0.5) is 0 Å². The molecule has 1 N–H and O–H groups in total. The second kappa shape index (κ2) is 5.21. The third-order valence-electron chi connectivity index (χ3n) is 2.77. The Morgan fingerprint density at radius 2 is 1.56 bits per heavy atom. The highest BCUT2D eigenvalue weighted by atomic mass is 33.2. The van der Waals surface area contributed by atoms with E-state index in [4.69, 9.17) is 0 Å². The van der Waals surface area contributed by atoms with E-state index in [0.717, 1.165) is 5.56 Å². The third kappa shape index (κ3) is 2.78. The fourth-order valence-electron chi connectivity index (χ4n) is 1.66. The van der Waals surface area contributed by atoms with Crippen molar-refractivity contribution in [1.82, 2.24) is 0 Å². The van der Waals surface area contributed by atoms with Gasteiger partial charge in [0.25, 0.3) is 0 Å². The van der Waals surface area contributed by atoms with Gasteiger partial charge in [-0.3, -0.25) is 4.55 Å². The lowest BCUT2D eigenvalue weighted by Gasteiger charge is -2.34. The molecule has 5 heteroatoms. The van der Waals surface area contributed by atoms with Gasteiger partial charge in [0.2, 0.25) is 0 Å². The Kier molecular flexibility index (Phi) is 4.41. The minimum absolute atomic E-state index is 0.444. The molecule has 16 heavy (non-hydrogen) atoms. The summed E-state index contributed by atoms with van der Waals surface area (Å²) in [6.07, 6.45) is 0. The molecule has 3 nitrogen and oxygen atoms in total. The zero-order chi connectivity index (χ0) is 12.2. The van der Waals surface area contributed by atoms with Crippen molar-refractivity contribution in [2.24, 2.45) is 0 Å². The summed E-state index contributed by atoms with van der Waals surface area (Å²) < 4.78 is 32.4. The first-order valence-corrected chi connectivity index (χ1v) is 9.32. The van der Waals surface area contributed by atoms with Gasteiger partial charge in [-0.05, 0) is 17.1 Å². The molecule has 1 aromatic carbocycles. The summed E-state index contributed by atoms with van der Waals surface area (Å²) in [4.78, 5) is 0. The molecule has 0 aliphatic heterocycles. The Bertz CT molecular complexity index is 422. The van der Waals surface area contributed by atoms with Gasteiger partial charge in [-0.25, -0.2) is 0 Å². The Hall–Kier alpha value is -0.520. The number of hydrogen-bond acceptors (Lipinski definition) is 2. The van der Waals surface area contributed by atoms with Crippen LogP contribution in [-0.2, 0) is 14.9 Å². The molecule has 0 bridgehead atoms. The van der Waals surface area contributed by atoms with Crippen molar-refractivity contribution in [1.29, 1.82) is 0 Å². The van der Waals surface area contributed by atoms with Crippen LogP contribution in [0.15, 0.2) is 30.3 Å². The van der Waals surface area contributed by atoms with Gasteiger partial charge in [0.15, 0.2) is 0 Å². The van der Waals surface area contributed by atoms with Gasteiger partial charge >= 0.3 is 9.15 Å². The maximum Gasteiger partial charge on any atom is 0.302 e. The second-order valence-corrected chi connectivity index (χ2v) is 11.2. The normalized spacial score (nSPS) is 13.7. The molecule has 0 heterocycles. The fourth-order valence-corrected chi connectivity index (χ4v) is 6.66. The van der Waals surface area contributed by atoms with E-state index < -0.39 is 18.2 Å². The van der Waals surface area contributed by atoms with E-state index in [-0.39, 0.29) is 0 Å². The molecule has 0 radical (unpaired) electrons. The number of benzene rings is 1. The molecule has 0 aliphatic rings. The maximum atomic E-state index is 11.5. The van der Waals surface area contributed by atoms with Gasteiger partial charge in [0, 0.05) is 5.75 Å². The smallest absolute Gasteiger partial charge is 0.278 e. The van der Waals surface area contributed by atoms with E-state index in [0.29, 0.717) is 17.3 Å². The SMILES string of the molecule is CCS(CC)(Cc1ccccc1)S(=O)(=O)O. The van der Waals surface area contributed by atoms with Crippen LogP contribution in [0.1, 0.15) is 19.4 Å². The van der Waals surface area contributed by atoms with Crippen LogP contribution in [-0.4, -0.2) is 24.5 Å². The monoisotopic (exact) mass is 262 g/mol. The molecule has 0 spiro atoms. The minimum atomic E-state index is -3.94. The van der Waals surface area contributed by atoms with E-state index in [1.165, 1.54) is 0 Å². The van der Waals surface area contributed by atoms with Crippen LogP contribution in [0.2, 0.25) is 0 Å². The molecule has 0 fully saturated rings. The quantitative estimate of drug-likeness (QED) is 0.656. The van der Waals surface area contributed by atoms with Gasteiger partial charge in [-0.1, -0.05) is 44.2 Å². The predicted molar refractivity (Wildman–Crippen MR) is 70.4 cm³/mol. The highest BCUT2D eigenvalue weighted by Gasteiger charge is 2.33. The first-order valence-electron chi connectivity index (χ1n) is 5.23. The standard InChI is InChI=1S/C11H18O3S2/c1-3-15(4-2,16(12,13)14)10-11-8-6-5-7-9-11/h5-9H,3-4,10H2,1-2H3,(H,12,13,14). The van der Waals surface area contributed by atoms with Crippen molar-refractivity contribution < 1.29 is 13.0 Å². The molecule has 92 valence electrons. The highest BCUT2D eigenvalue weighted by Crippen LogP contribution is 2.55. The zero-order valence-corrected chi connectivity index (χ0v) is 11.2. The van der Waals surface area contributed by atoms with Crippen molar-refractivity contribution in [3.8, 4) is 0 Å². The molecule has 1 aromatic rings. The second-order valence-electron chi connectivity index (χ2n) is 3.60. The molecule has 0 atom stereocenters. The molecule has 0 saturated heterocycles. The van der Waals surface area contributed by atoms with Crippen LogP contribution >= 0.6 is 9.06 Å². The molecular formula is C11H18O3S2. The van der Waals surface area contributed by atoms with Crippen molar-refractivity contribution in [3.63, 3.8) is 0 Å². The third-order valence-corrected chi connectivity index (χ3v) is 11.1. The zero-order valence-electron chi connectivity index (χ0n) is 9.59. The summed E-state index contributed by atoms with van der Waals surface area (Å²) in [5.74, 6) is 1.44. The Labute approximate surface area is 98.3 Å². The molecule has 0 aromatic heterocycles. The van der Waals surface area contributed by atoms with Crippen LogP contribution in [0, 0.1) is 0 Å². The average molecular weight is 262 g/mol. The van der Waals surface area contributed by atoms with Crippen molar-refractivity contribution in [3.05, 3.63) is 35.9 Å². The van der Waals surface area contributed by atoms with Crippen molar-refractivity contribution in [2.75, 3.05) is 11.5 Å². The average Bonchev–Trinajstić information content (AvgIpc) is 2.25. The van der Waals surface area contributed by atoms with E-state index in [1.54, 1.807) is 0 Å². The van der Waals surface area contributed by atoms with Gasteiger partial charge < -0.3 is 0 Å². The van der Waals surface area contributed by atoms with Crippen molar-refractivity contribution >= 4 is 18.2 Å². The Morgan fingerprint density at radius 3 is 1.94 bits per heavy atom. The summed E-state index contributed by atoms with van der Waals surface area (Å²) in [5, 5.41) is 0. The van der Waals surface area contributed by atoms with Crippen LogP contribution < -0.4 is 0 Å². The lowest BCUT2D eigenvalue weighted by Crippen LogP contribution is -2.19. The van der Waals surface area contributed by atoms with Gasteiger partial charge in [-0.2, -0.15) is 8.42 Å². The summed E-state index contributed by atoms with van der Waals surface area (Å²) in [5.41, 5.74) is 0.971. The van der Waals surface area contributed by atoms with Crippen LogP contribution in [0.3, 0.4) is 0 Å². The van der Waals surface area contributed by atoms with Gasteiger partial charge in [0.05, 0.1) is 0 Å².